The smallest absolute Gasteiger partial charge is 0.335 e. The zero-order chi connectivity index (χ0) is 15.6. The van der Waals surface area contributed by atoms with Crippen molar-refractivity contribution >= 4 is 37.6 Å². The molecule has 0 fully saturated rings. The summed E-state index contributed by atoms with van der Waals surface area (Å²) in [6.45, 7) is 1.89. The number of carboxylic acid groups (broad SMARTS) is 1. The molecule has 0 amide bonds. The van der Waals surface area contributed by atoms with Crippen molar-refractivity contribution in [2.75, 3.05) is 4.72 Å². The van der Waals surface area contributed by atoms with E-state index in [2.05, 4.69) is 20.7 Å². The summed E-state index contributed by atoms with van der Waals surface area (Å²) in [6, 6.07) is 10.3. The molecule has 2 N–H and O–H groups in total. The average Bonchev–Trinajstić information content (AvgIpc) is 2.43. The Balaban J connectivity index is 2.36. The van der Waals surface area contributed by atoms with Crippen LogP contribution in [0.2, 0.25) is 0 Å². The molecule has 21 heavy (non-hydrogen) atoms. The molecule has 0 radical (unpaired) electrons. The lowest BCUT2D eigenvalue weighted by molar-refractivity contribution is 0.0696. The molecule has 2 aromatic rings. The lowest BCUT2D eigenvalue weighted by atomic mass is 10.2. The molecule has 0 atom stereocenters. The van der Waals surface area contributed by atoms with Crippen LogP contribution in [0.3, 0.4) is 0 Å². The Morgan fingerprint density at radius 3 is 2.52 bits per heavy atom. The quantitative estimate of drug-likeness (QED) is 0.866. The van der Waals surface area contributed by atoms with E-state index in [0.29, 0.717) is 5.69 Å². The van der Waals surface area contributed by atoms with E-state index in [1.807, 2.05) is 6.92 Å². The fraction of sp³-hybridized carbons (Fsp3) is 0.0714. The van der Waals surface area contributed by atoms with Crippen LogP contribution in [0.5, 0.6) is 0 Å². The van der Waals surface area contributed by atoms with E-state index in [4.69, 9.17) is 5.11 Å². The van der Waals surface area contributed by atoms with Gasteiger partial charge >= 0.3 is 5.97 Å². The number of rotatable bonds is 4. The first-order valence-corrected chi connectivity index (χ1v) is 8.19. The predicted octanol–water partition coefficient (Wildman–Crippen LogP) is 3.26. The van der Waals surface area contributed by atoms with Gasteiger partial charge in [-0.25, -0.2) is 13.2 Å². The normalized spacial score (nSPS) is 11.1. The Kier molecular flexibility index (Phi) is 4.34. The minimum atomic E-state index is -3.83. The molecule has 2 aromatic carbocycles. The van der Waals surface area contributed by atoms with Gasteiger partial charge in [0.1, 0.15) is 0 Å². The number of benzene rings is 2. The highest BCUT2D eigenvalue weighted by atomic mass is 79.9. The molecule has 0 aliphatic carbocycles. The predicted molar refractivity (Wildman–Crippen MR) is 83.1 cm³/mol. The minimum Gasteiger partial charge on any atom is -0.478 e. The van der Waals surface area contributed by atoms with Crippen LogP contribution >= 0.6 is 15.9 Å². The number of carbonyl (C=O) groups is 1. The molecule has 7 heteroatoms. The standard InChI is InChI=1S/C14H12BrNO4S/c1-9-5-6-11(8-13(9)15)16-21(19,20)12-4-2-3-10(7-12)14(17)18/h2-8,16H,1H3,(H,17,18). The summed E-state index contributed by atoms with van der Waals surface area (Å²) in [5, 5.41) is 8.91. The Morgan fingerprint density at radius 1 is 1.19 bits per heavy atom. The van der Waals surface area contributed by atoms with Crippen LogP contribution in [0.1, 0.15) is 15.9 Å². The van der Waals surface area contributed by atoms with E-state index in [-0.39, 0.29) is 10.5 Å². The largest absolute Gasteiger partial charge is 0.478 e. The van der Waals surface area contributed by atoms with Gasteiger partial charge in [-0.2, -0.15) is 0 Å². The van der Waals surface area contributed by atoms with E-state index in [0.717, 1.165) is 16.1 Å². The number of anilines is 1. The summed E-state index contributed by atoms with van der Waals surface area (Å²) in [5.41, 5.74) is 1.29. The Morgan fingerprint density at radius 2 is 1.90 bits per heavy atom. The molecule has 0 spiro atoms. The minimum absolute atomic E-state index is 0.0806. The number of hydrogen-bond acceptors (Lipinski definition) is 3. The molecule has 5 nitrogen and oxygen atoms in total. The summed E-state index contributed by atoms with van der Waals surface area (Å²) < 4.78 is 27.7. The molecular weight excluding hydrogens is 358 g/mol. The van der Waals surface area contributed by atoms with Crippen molar-refractivity contribution in [2.45, 2.75) is 11.8 Å². The third-order valence-corrected chi connectivity index (χ3v) is 5.05. The van der Waals surface area contributed by atoms with Crippen molar-refractivity contribution in [3.05, 3.63) is 58.1 Å². The SMILES string of the molecule is Cc1ccc(NS(=O)(=O)c2cccc(C(=O)O)c2)cc1Br. The van der Waals surface area contributed by atoms with Gasteiger partial charge in [-0.3, -0.25) is 4.72 Å². The third kappa shape index (κ3) is 3.62. The van der Waals surface area contributed by atoms with Gasteiger partial charge in [-0.15, -0.1) is 0 Å². The Labute approximate surface area is 130 Å². The number of aromatic carboxylic acids is 1. The molecule has 0 aliphatic heterocycles. The monoisotopic (exact) mass is 369 g/mol. The van der Waals surface area contributed by atoms with Gasteiger partial charge in [-0.05, 0) is 42.8 Å². The maximum Gasteiger partial charge on any atom is 0.335 e. The summed E-state index contributed by atoms with van der Waals surface area (Å²) in [7, 11) is -3.83. The number of nitrogens with one attached hydrogen (secondary N) is 1. The number of aryl methyl sites for hydroxylation is 1. The maximum atomic E-state index is 12.3. The topological polar surface area (TPSA) is 83.5 Å². The van der Waals surface area contributed by atoms with E-state index < -0.39 is 16.0 Å². The summed E-state index contributed by atoms with van der Waals surface area (Å²) in [6.07, 6.45) is 0. The molecule has 2 rings (SSSR count). The average molecular weight is 370 g/mol. The van der Waals surface area contributed by atoms with Crippen LogP contribution in [0.15, 0.2) is 51.8 Å². The maximum absolute atomic E-state index is 12.3. The Bertz CT molecular complexity index is 802. The lowest BCUT2D eigenvalue weighted by Crippen LogP contribution is -2.13. The van der Waals surface area contributed by atoms with Crippen LogP contribution in [-0.2, 0) is 10.0 Å². The zero-order valence-electron chi connectivity index (χ0n) is 11.0. The van der Waals surface area contributed by atoms with E-state index in [1.54, 1.807) is 18.2 Å². The Hall–Kier alpha value is -1.86. The van der Waals surface area contributed by atoms with E-state index in [9.17, 15) is 13.2 Å². The zero-order valence-corrected chi connectivity index (χ0v) is 13.4. The summed E-state index contributed by atoms with van der Waals surface area (Å²) in [4.78, 5) is 10.8. The highest BCUT2D eigenvalue weighted by Crippen LogP contribution is 2.23. The van der Waals surface area contributed by atoms with Crippen LogP contribution in [0, 0.1) is 6.92 Å². The van der Waals surface area contributed by atoms with Crippen LogP contribution in [0.25, 0.3) is 0 Å². The highest BCUT2D eigenvalue weighted by molar-refractivity contribution is 9.10. The molecule has 0 aliphatic rings. The molecule has 0 saturated heterocycles. The van der Waals surface area contributed by atoms with Crippen molar-refractivity contribution in [1.29, 1.82) is 0 Å². The molecule has 110 valence electrons. The van der Waals surface area contributed by atoms with Crippen molar-refractivity contribution in [1.82, 2.24) is 0 Å². The van der Waals surface area contributed by atoms with Gasteiger partial charge in [0.15, 0.2) is 0 Å². The number of hydrogen-bond donors (Lipinski definition) is 2. The second-order valence-electron chi connectivity index (χ2n) is 4.40. The highest BCUT2D eigenvalue weighted by Gasteiger charge is 2.16. The summed E-state index contributed by atoms with van der Waals surface area (Å²) in [5.74, 6) is -1.18. The molecule has 0 saturated carbocycles. The number of halogens is 1. The molecular formula is C14H12BrNO4S. The van der Waals surface area contributed by atoms with E-state index in [1.165, 1.54) is 18.2 Å². The fourth-order valence-corrected chi connectivity index (χ4v) is 3.14. The van der Waals surface area contributed by atoms with Gasteiger partial charge < -0.3 is 5.11 Å². The third-order valence-electron chi connectivity index (χ3n) is 2.82. The van der Waals surface area contributed by atoms with Gasteiger partial charge in [0, 0.05) is 10.2 Å². The molecule has 0 unspecified atom stereocenters. The van der Waals surface area contributed by atoms with Crippen LogP contribution < -0.4 is 4.72 Å². The fourth-order valence-electron chi connectivity index (χ4n) is 1.67. The first-order chi connectivity index (χ1) is 9.79. The van der Waals surface area contributed by atoms with Gasteiger partial charge in [0.25, 0.3) is 10.0 Å². The van der Waals surface area contributed by atoms with E-state index >= 15 is 0 Å². The second-order valence-corrected chi connectivity index (χ2v) is 6.94. The second kappa shape index (κ2) is 5.87. The first-order valence-electron chi connectivity index (χ1n) is 5.92. The van der Waals surface area contributed by atoms with Crippen molar-refractivity contribution < 1.29 is 18.3 Å². The molecule has 0 heterocycles. The molecule has 0 bridgehead atoms. The van der Waals surface area contributed by atoms with Gasteiger partial charge in [0.05, 0.1) is 10.5 Å². The first kappa shape index (κ1) is 15.5. The molecule has 0 aromatic heterocycles. The van der Waals surface area contributed by atoms with Crippen molar-refractivity contribution in [3.63, 3.8) is 0 Å². The van der Waals surface area contributed by atoms with Gasteiger partial charge in [-0.1, -0.05) is 28.1 Å². The lowest BCUT2D eigenvalue weighted by Gasteiger charge is -2.09. The van der Waals surface area contributed by atoms with Crippen molar-refractivity contribution in [3.8, 4) is 0 Å². The summed E-state index contributed by atoms with van der Waals surface area (Å²) >= 11 is 3.33. The van der Waals surface area contributed by atoms with Crippen molar-refractivity contribution in [2.24, 2.45) is 0 Å². The number of carboxylic acids is 1. The van der Waals surface area contributed by atoms with Crippen LogP contribution in [0.4, 0.5) is 5.69 Å². The van der Waals surface area contributed by atoms with Crippen LogP contribution in [-0.4, -0.2) is 19.5 Å². The van der Waals surface area contributed by atoms with Gasteiger partial charge in [0.2, 0.25) is 0 Å². The number of sulfonamides is 1.